The van der Waals surface area contributed by atoms with Gasteiger partial charge in [0.1, 0.15) is 0 Å². The molecule has 6 heteroatoms. The highest BCUT2D eigenvalue weighted by Gasteiger charge is 2.28. The first-order valence-corrected chi connectivity index (χ1v) is 8.47. The van der Waals surface area contributed by atoms with E-state index in [0.29, 0.717) is 11.4 Å². The second kappa shape index (κ2) is 6.07. The lowest BCUT2D eigenvalue weighted by Crippen LogP contribution is -2.25. The van der Waals surface area contributed by atoms with Crippen LogP contribution in [-0.2, 0) is 23.1 Å². The van der Waals surface area contributed by atoms with Crippen molar-refractivity contribution in [2.45, 2.75) is 57.1 Å². The maximum Gasteiger partial charge on any atom is 0.242 e. The van der Waals surface area contributed by atoms with E-state index in [1.165, 1.54) is 0 Å². The third-order valence-electron chi connectivity index (χ3n) is 3.24. The molecule has 2 rings (SSSR count). The quantitative estimate of drug-likeness (QED) is 0.711. The van der Waals surface area contributed by atoms with E-state index >= 15 is 0 Å². The first kappa shape index (κ1) is 14.6. The molecule has 1 aliphatic carbocycles. The van der Waals surface area contributed by atoms with Crippen molar-refractivity contribution in [2.24, 2.45) is 0 Å². The van der Waals surface area contributed by atoms with Crippen LogP contribution >= 0.6 is 0 Å². The summed E-state index contributed by atoms with van der Waals surface area (Å²) in [6, 6.07) is 1.92. The second-order valence-corrected chi connectivity index (χ2v) is 6.74. The van der Waals surface area contributed by atoms with Gasteiger partial charge in [0.05, 0.1) is 4.90 Å². The maximum absolute atomic E-state index is 12.1. The van der Waals surface area contributed by atoms with E-state index in [0.717, 1.165) is 38.0 Å². The van der Waals surface area contributed by atoms with Gasteiger partial charge in [-0.2, -0.15) is 0 Å². The third-order valence-corrected chi connectivity index (χ3v) is 4.73. The highest BCUT2D eigenvalue weighted by atomic mass is 32.2. The average Bonchev–Trinajstić information content (AvgIpc) is 3.06. The molecule has 1 saturated carbocycles. The predicted molar refractivity (Wildman–Crippen MR) is 75.4 cm³/mol. The van der Waals surface area contributed by atoms with Crippen LogP contribution in [0.3, 0.4) is 0 Å². The zero-order valence-electron chi connectivity index (χ0n) is 11.6. The van der Waals surface area contributed by atoms with Gasteiger partial charge in [-0.15, -0.1) is 0 Å². The molecule has 1 heterocycles. The maximum atomic E-state index is 12.1. The van der Waals surface area contributed by atoms with Crippen molar-refractivity contribution in [3.8, 4) is 0 Å². The molecule has 19 heavy (non-hydrogen) atoms. The number of sulfonamides is 1. The van der Waals surface area contributed by atoms with Crippen LogP contribution in [0.15, 0.2) is 17.2 Å². The van der Waals surface area contributed by atoms with Crippen LogP contribution in [0.5, 0.6) is 0 Å². The fourth-order valence-electron chi connectivity index (χ4n) is 2.00. The normalized spacial score (nSPS) is 15.9. The number of rotatable bonds is 8. The Morgan fingerprint density at radius 2 is 2.11 bits per heavy atom. The molecule has 2 N–H and O–H groups in total. The van der Waals surface area contributed by atoms with Gasteiger partial charge in [-0.25, -0.2) is 13.1 Å². The van der Waals surface area contributed by atoms with Crippen molar-refractivity contribution in [3.05, 3.63) is 18.0 Å². The zero-order chi connectivity index (χ0) is 13.9. The summed E-state index contributed by atoms with van der Waals surface area (Å²) >= 11 is 0. The zero-order valence-corrected chi connectivity index (χ0v) is 12.5. The van der Waals surface area contributed by atoms with Crippen LogP contribution in [0.4, 0.5) is 0 Å². The average molecular weight is 285 g/mol. The van der Waals surface area contributed by atoms with Gasteiger partial charge in [0, 0.05) is 31.0 Å². The van der Waals surface area contributed by atoms with Gasteiger partial charge < -0.3 is 9.88 Å². The number of nitrogens with zero attached hydrogens (tertiary/aromatic N) is 1. The van der Waals surface area contributed by atoms with Crippen molar-refractivity contribution < 1.29 is 8.42 Å². The summed E-state index contributed by atoms with van der Waals surface area (Å²) in [7, 11) is -3.34. The minimum atomic E-state index is -3.34. The Morgan fingerprint density at radius 1 is 1.37 bits per heavy atom. The van der Waals surface area contributed by atoms with Gasteiger partial charge in [-0.05, 0) is 38.8 Å². The lowest BCUT2D eigenvalue weighted by atomic mass is 10.4. The van der Waals surface area contributed by atoms with E-state index in [1.807, 2.05) is 11.5 Å². The smallest absolute Gasteiger partial charge is 0.242 e. The second-order valence-electron chi connectivity index (χ2n) is 5.03. The van der Waals surface area contributed by atoms with Gasteiger partial charge in [0.15, 0.2) is 0 Å². The number of aryl methyl sites for hydroxylation is 1. The molecule has 0 unspecified atom stereocenters. The van der Waals surface area contributed by atoms with E-state index < -0.39 is 10.0 Å². The number of hydrogen-bond acceptors (Lipinski definition) is 3. The minimum absolute atomic E-state index is 0.150. The SMILES string of the molecule is CCCNCc1cc(S(=O)(=O)NC2CC2)cn1CC. The first-order valence-electron chi connectivity index (χ1n) is 6.99. The first-order chi connectivity index (χ1) is 9.06. The largest absolute Gasteiger partial charge is 0.349 e. The van der Waals surface area contributed by atoms with E-state index in [9.17, 15) is 8.42 Å². The molecule has 0 aromatic carbocycles. The molecular weight excluding hydrogens is 262 g/mol. The standard InChI is InChI=1S/C13H23N3O2S/c1-3-7-14-9-12-8-13(10-16(12)4-2)19(17,18)15-11-5-6-11/h8,10-11,14-15H,3-7,9H2,1-2H3. The molecule has 0 radical (unpaired) electrons. The summed E-state index contributed by atoms with van der Waals surface area (Å²) < 4.78 is 29.0. The molecule has 0 atom stereocenters. The summed E-state index contributed by atoms with van der Waals surface area (Å²) in [4.78, 5) is 0.384. The Balaban J connectivity index is 2.12. The molecule has 108 valence electrons. The van der Waals surface area contributed by atoms with Crippen LogP contribution in [0.25, 0.3) is 0 Å². The van der Waals surface area contributed by atoms with Crippen molar-refractivity contribution >= 4 is 10.0 Å². The van der Waals surface area contributed by atoms with Crippen LogP contribution in [-0.4, -0.2) is 25.6 Å². The van der Waals surface area contributed by atoms with Gasteiger partial charge in [0.25, 0.3) is 0 Å². The Hall–Kier alpha value is -0.850. The number of aromatic nitrogens is 1. The lowest BCUT2D eigenvalue weighted by Gasteiger charge is -2.06. The summed E-state index contributed by atoms with van der Waals surface area (Å²) in [5.41, 5.74) is 1.02. The Kier molecular flexibility index (Phi) is 4.65. The Morgan fingerprint density at radius 3 is 2.68 bits per heavy atom. The van der Waals surface area contributed by atoms with Gasteiger partial charge in [-0.1, -0.05) is 6.92 Å². The molecule has 1 aromatic heterocycles. The van der Waals surface area contributed by atoms with E-state index in [-0.39, 0.29) is 6.04 Å². The van der Waals surface area contributed by atoms with E-state index in [1.54, 1.807) is 12.3 Å². The summed E-state index contributed by atoms with van der Waals surface area (Å²) in [5.74, 6) is 0. The van der Waals surface area contributed by atoms with E-state index in [2.05, 4.69) is 17.0 Å². The molecular formula is C13H23N3O2S. The molecule has 5 nitrogen and oxygen atoms in total. The van der Waals surface area contributed by atoms with Crippen LogP contribution in [0.1, 0.15) is 38.8 Å². The molecule has 1 aliphatic rings. The van der Waals surface area contributed by atoms with E-state index in [4.69, 9.17) is 0 Å². The van der Waals surface area contributed by atoms with Crippen LogP contribution < -0.4 is 10.0 Å². The number of hydrogen-bond donors (Lipinski definition) is 2. The topological polar surface area (TPSA) is 63.1 Å². The molecule has 1 aromatic rings. The molecule has 1 fully saturated rings. The summed E-state index contributed by atoms with van der Waals surface area (Å²) in [6.07, 6.45) is 4.71. The van der Waals surface area contributed by atoms with Gasteiger partial charge in [0.2, 0.25) is 10.0 Å². The molecule has 0 aliphatic heterocycles. The number of nitrogens with one attached hydrogen (secondary N) is 2. The third kappa shape index (κ3) is 3.81. The highest BCUT2D eigenvalue weighted by molar-refractivity contribution is 7.89. The van der Waals surface area contributed by atoms with Crippen molar-refractivity contribution in [1.82, 2.24) is 14.6 Å². The summed E-state index contributed by atoms with van der Waals surface area (Å²) in [5, 5.41) is 3.31. The molecule has 0 amide bonds. The predicted octanol–water partition coefficient (Wildman–Crippen LogP) is 1.45. The minimum Gasteiger partial charge on any atom is -0.349 e. The monoisotopic (exact) mass is 285 g/mol. The highest BCUT2D eigenvalue weighted by Crippen LogP contribution is 2.23. The Bertz CT molecular complexity index is 518. The molecule has 0 saturated heterocycles. The van der Waals surface area contributed by atoms with Crippen molar-refractivity contribution in [1.29, 1.82) is 0 Å². The van der Waals surface area contributed by atoms with Gasteiger partial charge >= 0.3 is 0 Å². The Labute approximate surface area is 115 Å². The van der Waals surface area contributed by atoms with Crippen LogP contribution in [0.2, 0.25) is 0 Å². The van der Waals surface area contributed by atoms with Crippen molar-refractivity contribution in [3.63, 3.8) is 0 Å². The lowest BCUT2D eigenvalue weighted by molar-refractivity contribution is 0.580. The van der Waals surface area contributed by atoms with Gasteiger partial charge in [-0.3, -0.25) is 0 Å². The summed E-state index contributed by atoms with van der Waals surface area (Å²) in [6.45, 7) is 6.56. The fourth-order valence-corrected chi connectivity index (χ4v) is 3.36. The molecule has 0 spiro atoms. The van der Waals surface area contributed by atoms with Crippen LogP contribution in [0, 0.1) is 0 Å². The fraction of sp³-hybridized carbons (Fsp3) is 0.692. The van der Waals surface area contributed by atoms with Crippen molar-refractivity contribution in [2.75, 3.05) is 6.54 Å². The molecule has 0 bridgehead atoms.